The van der Waals surface area contributed by atoms with Gasteiger partial charge in [0.05, 0.1) is 6.61 Å². The van der Waals surface area contributed by atoms with Gasteiger partial charge in [-0.15, -0.1) is 0 Å². The third kappa shape index (κ3) is 4.01. The zero-order valence-electron chi connectivity index (χ0n) is 12.0. The van der Waals surface area contributed by atoms with E-state index >= 15 is 0 Å². The zero-order chi connectivity index (χ0) is 13.7. The summed E-state index contributed by atoms with van der Waals surface area (Å²) in [6.45, 7) is 4.73. The molecule has 1 aromatic carbocycles. The second kappa shape index (κ2) is 7.01. The van der Waals surface area contributed by atoms with Crippen LogP contribution in [0.2, 0.25) is 0 Å². The third-order valence-corrected chi connectivity index (χ3v) is 3.73. The number of methoxy groups -OCH3 is 1. The molecule has 0 aromatic heterocycles. The van der Waals surface area contributed by atoms with Crippen LogP contribution < -0.4 is 5.73 Å². The molecule has 0 bridgehead atoms. The smallest absolute Gasteiger partial charge is 0.0626 e. The van der Waals surface area contributed by atoms with Crippen molar-refractivity contribution in [3.63, 3.8) is 0 Å². The fourth-order valence-electron chi connectivity index (χ4n) is 2.73. The molecule has 0 radical (unpaired) electrons. The van der Waals surface area contributed by atoms with Gasteiger partial charge in [0.2, 0.25) is 0 Å². The molecule has 4 heteroatoms. The van der Waals surface area contributed by atoms with Crippen LogP contribution in [0.5, 0.6) is 0 Å². The van der Waals surface area contributed by atoms with E-state index in [4.69, 9.17) is 10.5 Å². The Morgan fingerprint density at radius 2 is 2.05 bits per heavy atom. The van der Waals surface area contributed by atoms with Crippen molar-refractivity contribution < 1.29 is 4.74 Å². The molecule has 106 valence electrons. The summed E-state index contributed by atoms with van der Waals surface area (Å²) in [6, 6.07) is 11.2. The first-order valence-corrected chi connectivity index (χ1v) is 6.92. The molecule has 1 fully saturated rings. The minimum Gasteiger partial charge on any atom is -0.383 e. The molecular weight excluding hydrogens is 238 g/mol. The number of ether oxygens (including phenoxy) is 1. The number of rotatable bonds is 5. The summed E-state index contributed by atoms with van der Waals surface area (Å²) in [4.78, 5) is 4.87. The highest BCUT2D eigenvalue weighted by Crippen LogP contribution is 2.24. The Labute approximate surface area is 116 Å². The molecule has 1 aliphatic heterocycles. The molecule has 2 N–H and O–H groups in total. The number of hydrogen-bond acceptors (Lipinski definition) is 4. The maximum absolute atomic E-state index is 6.11. The van der Waals surface area contributed by atoms with Gasteiger partial charge in [-0.05, 0) is 12.6 Å². The van der Waals surface area contributed by atoms with E-state index in [-0.39, 0.29) is 6.04 Å². The van der Waals surface area contributed by atoms with Crippen molar-refractivity contribution >= 4 is 0 Å². The van der Waals surface area contributed by atoms with E-state index in [1.54, 1.807) is 7.11 Å². The van der Waals surface area contributed by atoms with E-state index in [0.29, 0.717) is 12.6 Å². The SMILES string of the molecule is COCC(N)CN1CCN(C)CC1c1ccccc1. The minimum absolute atomic E-state index is 0.0830. The number of likely N-dealkylation sites (N-methyl/N-ethyl adjacent to an activating group) is 1. The lowest BCUT2D eigenvalue weighted by molar-refractivity contribution is 0.0711. The molecule has 1 aliphatic rings. The largest absolute Gasteiger partial charge is 0.383 e. The van der Waals surface area contributed by atoms with Gasteiger partial charge in [-0.3, -0.25) is 4.90 Å². The fourth-order valence-corrected chi connectivity index (χ4v) is 2.73. The summed E-state index contributed by atoms with van der Waals surface area (Å²) in [5, 5.41) is 0. The van der Waals surface area contributed by atoms with Gasteiger partial charge in [-0.1, -0.05) is 30.3 Å². The monoisotopic (exact) mass is 263 g/mol. The van der Waals surface area contributed by atoms with Crippen molar-refractivity contribution in [1.82, 2.24) is 9.80 Å². The van der Waals surface area contributed by atoms with E-state index in [0.717, 1.165) is 26.2 Å². The summed E-state index contributed by atoms with van der Waals surface area (Å²) < 4.78 is 5.15. The lowest BCUT2D eigenvalue weighted by atomic mass is 10.0. The molecule has 19 heavy (non-hydrogen) atoms. The normalized spacial score (nSPS) is 23.4. The van der Waals surface area contributed by atoms with Crippen LogP contribution in [-0.4, -0.2) is 62.8 Å². The van der Waals surface area contributed by atoms with Crippen molar-refractivity contribution in [3.8, 4) is 0 Å². The predicted octanol–water partition coefficient (Wildman–Crippen LogP) is 0.949. The number of piperazine rings is 1. The Morgan fingerprint density at radius 3 is 2.74 bits per heavy atom. The summed E-state index contributed by atoms with van der Waals surface area (Å²) in [6.07, 6.45) is 0. The molecule has 0 spiro atoms. The van der Waals surface area contributed by atoms with Gasteiger partial charge in [0.15, 0.2) is 0 Å². The second-order valence-electron chi connectivity index (χ2n) is 5.40. The van der Waals surface area contributed by atoms with Crippen molar-refractivity contribution in [2.75, 3.05) is 46.9 Å². The van der Waals surface area contributed by atoms with E-state index in [2.05, 4.69) is 47.2 Å². The maximum Gasteiger partial charge on any atom is 0.0626 e. The fraction of sp³-hybridized carbons (Fsp3) is 0.600. The van der Waals surface area contributed by atoms with Crippen LogP contribution in [0.3, 0.4) is 0 Å². The molecule has 0 aliphatic carbocycles. The minimum atomic E-state index is 0.0830. The molecule has 2 unspecified atom stereocenters. The third-order valence-electron chi connectivity index (χ3n) is 3.73. The van der Waals surface area contributed by atoms with Crippen LogP contribution in [0, 0.1) is 0 Å². The molecule has 0 amide bonds. The Balaban J connectivity index is 2.06. The second-order valence-corrected chi connectivity index (χ2v) is 5.40. The van der Waals surface area contributed by atoms with Gasteiger partial charge in [0.1, 0.15) is 0 Å². The highest BCUT2D eigenvalue weighted by atomic mass is 16.5. The van der Waals surface area contributed by atoms with Crippen LogP contribution in [0.25, 0.3) is 0 Å². The molecule has 4 nitrogen and oxygen atoms in total. The number of benzene rings is 1. The summed E-state index contributed by atoms with van der Waals surface area (Å²) in [5.74, 6) is 0. The number of hydrogen-bond donors (Lipinski definition) is 1. The van der Waals surface area contributed by atoms with E-state index in [1.165, 1.54) is 5.56 Å². The first-order chi connectivity index (χ1) is 9.20. The van der Waals surface area contributed by atoms with Gasteiger partial charge in [-0.2, -0.15) is 0 Å². The van der Waals surface area contributed by atoms with Crippen LogP contribution in [0.1, 0.15) is 11.6 Å². The van der Waals surface area contributed by atoms with E-state index < -0.39 is 0 Å². The number of nitrogens with two attached hydrogens (primary N) is 1. The number of nitrogens with zero attached hydrogens (tertiary/aromatic N) is 2. The summed E-state index contributed by atoms with van der Waals surface area (Å²) in [7, 11) is 3.89. The van der Waals surface area contributed by atoms with Crippen molar-refractivity contribution in [2.45, 2.75) is 12.1 Å². The predicted molar refractivity (Wildman–Crippen MR) is 78.1 cm³/mol. The Bertz CT molecular complexity index is 371. The Kier molecular flexibility index (Phi) is 5.34. The summed E-state index contributed by atoms with van der Waals surface area (Å²) >= 11 is 0. The van der Waals surface area contributed by atoms with Crippen molar-refractivity contribution in [1.29, 1.82) is 0 Å². The highest BCUT2D eigenvalue weighted by molar-refractivity contribution is 5.20. The maximum atomic E-state index is 6.11. The lowest BCUT2D eigenvalue weighted by Gasteiger charge is -2.41. The average molecular weight is 263 g/mol. The van der Waals surface area contributed by atoms with Gasteiger partial charge in [-0.25, -0.2) is 0 Å². The van der Waals surface area contributed by atoms with Crippen LogP contribution in [0.4, 0.5) is 0 Å². The highest BCUT2D eigenvalue weighted by Gasteiger charge is 2.27. The van der Waals surface area contributed by atoms with E-state index in [9.17, 15) is 0 Å². The Hall–Kier alpha value is -0.940. The molecular formula is C15H25N3O. The first-order valence-electron chi connectivity index (χ1n) is 6.92. The zero-order valence-corrected chi connectivity index (χ0v) is 12.0. The van der Waals surface area contributed by atoms with Crippen LogP contribution >= 0.6 is 0 Å². The van der Waals surface area contributed by atoms with E-state index in [1.807, 2.05) is 0 Å². The Morgan fingerprint density at radius 1 is 1.32 bits per heavy atom. The molecule has 1 saturated heterocycles. The standard InChI is InChI=1S/C15H25N3O/c1-17-8-9-18(10-14(16)12-19-2)15(11-17)13-6-4-3-5-7-13/h3-7,14-15H,8-12,16H2,1-2H3. The first kappa shape index (κ1) is 14.5. The van der Waals surface area contributed by atoms with Crippen molar-refractivity contribution in [2.24, 2.45) is 5.73 Å². The average Bonchev–Trinajstić information content (AvgIpc) is 2.42. The molecule has 2 rings (SSSR count). The quantitative estimate of drug-likeness (QED) is 0.859. The molecule has 1 heterocycles. The topological polar surface area (TPSA) is 41.7 Å². The van der Waals surface area contributed by atoms with Gasteiger partial charge >= 0.3 is 0 Å². The van der Waals surface area contributed by atoms with Crippen LogP contribution in [0.15, 0.2) is 30.3 Å². The van der Waals surface area contributed by atoms with Crippen LogP contribution in [-0.2, 0) is 4.74 Å². The lowest BCUT2D eigenvalue weighted by Crippen LogP contribution is -2.51. The molecule has 1 aromatic rings. The van der Waals surface area contributed by atoms with Gasteiger partial charge in [0, 0.05) is 45.4 Å². The van der Waals surface area contributed by atoms with Gasteiger partial charge < -0.3 is 15.4 Å². The molecule has 2 atom stereocenters. The van der Waals surface area contributed by atoms with Crippen molar-refractivity contribution in [3.05, 3.63) is 35.9 Å². The van der Waals surface area contributed by atoms with Gasteiger partial charge in [0.25, 0.3) is 0 Å². The molecule has 0 saturated carbocycles. The summed E-state index contributed by atoms with van der Waals surface area (Å²) in [5.41, 5.74) is 7.48.